The van der Waals surface area contributed by atoms with Crippen molar-refractivity contribution >= 4 is 27.5 Å². The summed E-state index contributed by atoms with van der Waals surface area (Å²) in [5.74, 6) is 0.145. The smallest absolute Gasteiger partial charge is 0.243 e. The molecule has 2 rings (SSSR count). The summed E-state index contributed by atoms with van der Waals surface area (Å²) in [7, 11) is -3.82. The van der Waals surface area contributed by atoms with E-state index >= 15 is 0 Å². The summed E-state index contributed by atoms with van der Waals surface area (Å²) >= 11 is 5.92. The minimum absolute atomic E-state index is 0.0883. The molecule has 1 amide bonds. The van der Waals surface area contributed by atoms with E-state index in [2.05, 4.69) is 19.2 Å². The SMILES string of the molecule is Cc1ccc(S(=O)(=O)N(CC(=O)NCCC(C)C)Cc2ccc(Cl)cc2)cc1. The molecule has 5 nitrogen and oxygen atoms in total. The third-order valence-electron chi connectivity index (χ3n) is 4.29. The Morgan fingerprint density at radius 2 is 1.68 bits per heavy atom. The van der Waals surface area contributed by atoms with Crippen LogP contribution in [0, 0.1) is 12.8 Å². The highest BCUT2D eigenvalue weighted by Crippen LogP contribution is 2.20. The third kappa shape index (κ3) is 6.62. The molecule has 0 radical (unpaired) electrons. The van der Waals surface area contributed by atoms with E-state index in [4.69, 9.17) is 11.6 Å². The number of rotatable bonds is 9. The van der Waals surface area contributed by atoms with Gasteiger partial charge in [0.2, 0.25) is 15.9 Å². The average molecular weight is 423 g/mol. The van der Waals surface area contributed by atoms with E-state index in [1.165, 1.54) is 4.31 Å². The number of nitrogens with one attached hydrogen (secondary N) is 1. The Morgan fingerprint density at radius 3 is 2.25 bits per heavy atom. The Hall–Kier alpha value is -1.89. The number of hydrogen-bond acceptors (Lipinski definition) is 3. The number of aryl methyl sites for hydroxylation is 1. The van der Waals surface area contributed by atoms with Gasteiger partial charge in [-0.1, -0.05) is 55.3 Å². The predicted octanol–water partition coefficient (Wildman–Crippen LogP) is 4.00. The molecule has 2 aromatic carbocycles. The van der Waals surface area contributed by atoms with Gasteiger partial charge in [0.05, 0.1) is 11.4 Å². The second-order valence-corrected chi connectivity index (χ2v) is 9.62. The molecule has 0 aliphatic carbocycles. The normalized spacial score (nSPS) is 11.8. The van der Waals surface area contributed by atoms with E-state index in [1.54, 1.807) is 48.5 Å². The first-order valence-corrected chi connectivity index (χ1v) is 11.1. The number of amides is 1. The molecule has 0 atom stereocenters. The molecule has 0 saturated carbocycles. The molecule has 0 aliphatic rings. The molecule has 0 saturated heterocycles. The zero-order valence-corrected chi connectivity index (χ0v) is 18.1. The van der Waals surface area contributed by atoms with Gasteiger partial charge >= 0.3 is 0 Å². The highest BCUT2D eigenvalue weighted by Gasteiger charge is 2.26. The van der Waals surface area contributed by atoms with Crippen molar-refractivity contribution in [3.63, 3.8) is 0 Å². The Kier molecular flexibility index (Phi) is 8.04. The van der Waals surface area contributed by atoms with Crippen LogP contribution in [0.15, 0.2) is 53.4 Å². The minimum atomic E-state index is -3.82. The average Bonchev–Trinajstić information content (AvgIpc) is 2.63. The van der Waals surface area contributed by atoms with Crippen molar-refractivity contribution in [2.24, 2.45) is 5.92 Å². The van der Waals surface area contributed by atoms with Gasteiger partial charge in [-0.25, -0.2) is 8.42 Å². The molecule has 2 aromatic rings. The molecule has 1 N–H and O–H groups in total. The zero-order chi connectivity index (χ0) is 20.7. The molecule has 0 spiro atoms. The van der Waals surface area contributed by atoms with Gasteiger partial charge in [0.25, 0.3) is 0 Å². The molecule has 0 bridgehead atoms. The van der Waals surface area contributed by atoms with Gasteiger partial charge in [-0.2, -0.15) is 4.31 Å². The Balaban J connectivity index is 2.23. The van der Waals surface area contributed by atoms with Crippen LogP contribution in [-0.4, -0.2) is 31.7 Å². The summed E-state index contributed by atoms with van der Waals surface area (Å²) in [5, 5.41) is 3.38. The fourth-order valence-corrected chi connectivity index (χ4v) is 4.11. The van der Waals surface area contributed by atoms with Gasteiger partial charge in [-0.15, -0.1) is 0 Å². The molecule has 0 fully saturated rings. The number of benzene rings is 2. The lowest BCUT2D eigenvalue weighted by Gasteiger charge is -2.22. The lowest BCUT2D eigenvalue weighted by Crippen LogP contribution is -2.40. The summed E-state index contributed by atoms with van der Waals surface area (Å²) < 4.78 is 27.5. The van der Waals surface area contributed by atoms with E-state index in [-0.39, 0.29) is 23.9 Å². The maximum atomic E-state index is 13.2. The highest BCUT2D eigenvalue weighted by molar-refractivity contribution is 7.89. The van der Waals surface area contributed by atoms with Crippen LogP contribution in [0.5, 0.6) is 0 Å². The largest absolute Gasteiger partial charge is 0.355 e. The van der Waals surface area contributed by atoms with Crippen molar-refractivity contribution in [2.75, 3.05) is 13.1 Å². The molecule has 0 aromatic heterocycles. The lowest BCUT2D eigenvalue weighted by atomic mass is 10.1. The monoisotopic (exact) mass is 422 g/mol. The van der Waals surface area contributed by atoms with E-state index in [9.17, 15) is 13.2 Å². The molecule has 0 heterocycles. The van der Waals surface area contributed by atoms with Crippen LogP contribution in [0.3, 0.4) is 0 Å². The van der Waals surface area contributed by atoms with Crippen LogP contribution in [0.25, 0.3) is 0 Å². The second kappa shape index (κ2) is 10.0. The van der Waals surface area contributed by atoms with Gasteiger partial charge in [0.1, 0.15) is 0 Å². The van der Waals surface area contributed by atoms with Crippen LogP contribution in [0.4, 0.5) is 0 Å². The second-order valence-electron chi connectivity index (χ2n) is 7.25. The number of nitrogens with zero attached hydrogens (tertiary/aromatic N) is 1. The number of carbonyl (C=O) groups is 1. The molecule has 0 unspecified atom stereocenters. The molecule has 0 aliphatic heterocycles. The van der Waals surface area contributed by atoms with E-state index < -0.39 is 10.0 Å². The molecule has 28 heavy (non-hydrogen) atoms. The standard InChI is InChI=1S/C21H27ClN2O3S/c1-16(2)12-13-23-21(25)15-24(14-18-6-8-19(22)9-7-18)28(26,27)20-10-4-17(3)5-11-20/h4-11,16H,12-15H2,1-3H3,(H,23,25). The highest BCUT2D eigenvalue weighted by atomic mass is 35.5. The first-order chi connectivity index (χ1) is 13.2. The summed E-state index contributed by atoms with van der Waals surface area (Å²) in [5.41, 5.74) is 1.73. The fraction of sp³-hybridized carbons (Fsp3) is 0.381. The van der Waals surface area contributed by atoms with Crippen molar-refractivity contribution in [3.05, 3.63) is 64.7 Å². The third-order valence-corrected chi connectivity index (χ3v) is 6.35. The molecular formula is C21H27ClN2O3S. The molecule has 152 valence electrons. The van der Waals surface area contributed by atoms with Crippen molar-refractivity contribution < 1.29 is 13.2 Å². The minimum Gasteiger partial charge on any atom is -0.355 e. The Bertz CT molecular complexity index is 879. The van der Waals surface area contributed by atoms with Crippen LogP contribution in [-0.2, 0) is 21.4 Å². The van der Waals surface area contributed by atoms with Crippen LogP contribution < -0.4 is 5.32 Å². The summed E-state index contributed by atoms with van der Waals surface area (Å²) in [4.78, 5) is 12.5. The molecular weight excluding hydrogens is 396 g/mol. The zero-order valence-electron chi connectivity index (χ0n) is 16.5. The van der Waals surface area contributed by atoms with E-state index in [0.29, 0.717) is 17.5 Å². The first-order valence-electron chi connectivity index (χ1n) is 9.26. The van der Waals surface area contributed by atoms with Gasteiger partial charge < -0.3 is 5.32 Å². The maximum Gasteiger partial charge on any atom is 0.243 e. The lowest BCUT2D eigenvalue weighted by molar-refractivity contribution is -0.121. The van der Waals surface area contributed by atoms with Crippen molar-refractivity contribution in [1.29, 1.82) is 0 Å². The van der Waals surface area contributed by atoms with Gasteiger partial charge in [0, 0.05) is 18.1 Å². The van der Waals surface area contributed by atoms with Crippen molar-refractivity contribution in [2.45, 2.75) is 38.6 Å². The predicted molar refractivity (Wildman–Crippen MR) is 113 cm³/mol. The number of halogens is 1. The van der Waals surface area contributed by atoms with Crippen molar-refractivity contribution in [3.8, 4) is 0 Å². The Morgan fingerprint density at radius 1 is 1.07 bits per heavy atom. The molecule has 7 heteroatoms. The summed E-state index contributed by atoms with van der Waals surface area (Å²) in [6, 6.07) is 13.6. The number of hydrogen-bond donors (Lipinski definition) is 1. The van der Waals surface area contributed by atoms with Crippen LogP contribution in [0.2, 0.25) is 5.02 Å². The summed E-state index contributed by atoms with van der Waals surface area (Å²) in [6.45, 7) is 6.41. The van der Waals surface area contributed by atoms with E-state index in [1.807, 2.05) is 6.92 Å². The maximum absolute atomic E-state index is 13.2. The first kappa shape index (κ1) is 22.4. The van der Waals surface area contributed by atoms with Crippen molar-refractivity contribution in [1.82, 2.24) is 9.62 Å². The van der Waals surface area contributed by atoms with Gasteiger partial charge in [0.15, 0.2) is 0 Å². The van der Waals surface area contributed by atoms with Gasteiger partial charge in [-0.05, 0) is 49.1 Å². The topological polar surface area (TPSA) is 66.5 Å². The summed E-state index contributed by atoms with van der Waals surface area (Å²) in [6.07, 6.45) is 0.841. The van der Waals surface area contributed by atoms with Crippen LogP contribution in [0.1, 0.15) is 31.4 Å². The van der Waals surface area contributed by atoms with Gasteiger partial charge in [-0.3, -0.25) is 4.79 Å². The van der Waals surface area contributed by atoms with Crippen LogP contribution >= 0.6 is 11.6 Å². The number of carbonyl (C=O) groups excluding carboxylic acids is 1. The number of sulfonamides is 1. The quantitative estimate of drug-likeness (QED) is 0.664. The Labute approximate surface area is 172 Å². The van der Waals surface area contributed by atoms with E-state index in [0.717, 1.165) is 17.5 Å². The fourth-order valence-electron chi connectivity index (χ4n) is 2.59.